The predicted octanol–water partition coefficient (Wildman–Crippen LogP) is 2.80. The van der Waals surface area contributed by atoms with Crippen molar-refractivity contribution in [1.29, 1.82) is 0 Å². The zero-order valence-electron chi connectivity index (χ0n) is 16.7. The number of hydrogen-bond acceptors (Lipinski definition) is 7. The van der Waals surface area contributed by atoms with E-state index in [4.69, 9.17) is 16.3 Å². The second kappa shape index (κ2) is 10.8. The molecule has 0 spiro atoms. The maximum atomic E-state index is 13.3. The van der Waals surface area contributed by atoms with Crippen molar-refractivity contribution in [3.63, 3.8) is 0 Å². The summed E-state index contributed by atoms with van der Waals surface area (Å²) in [6.45, 7) is 6.20. The van der Waals surface area contributed by atoms with Gasteiger partial charge in [-0.05, 0) is 24.6 Å². The van der Waals surface area contributed by atoms with Gasteiger partial charge in [0.15, 0.2) is 5.13 Å². The van der Waals surface area contributed by atoms with Gasteiger partial charge in [0.25, 0.3) is 0 Å². The predicted molar refractivity (Wildman–Crippen MR) is 114 cm³/mol. The highest BCUT2D eigenvalue weighted by molar-refractivity contribution is 7.13. The van der Waals surface area contributed by atoms with Gasteiger partial charge in [0, 0.05) is 38.1 Å². The minimum Gasteiger partial charge on any atom is -0.466 e. The van der Waals surface area contributed by atoms with Crippen molar-refractivity contribution >= 4 is 39.9 Å². The number of nitrogens with zero attached hydrogens (tertiary/aromatic N) is 3. The number of anilines is 1. The Morgan fingerprint density at radius 3 is 2.70 bits per heavy atom. The second-order valence-corrected chi connectivity index (χ2v) is 8.24. The van der Waals surface area contributed by atoms with E-state index in [1.807, 2.05) is 0 Å². The summed E-state index contributed by atoms with van der Waals surface area (Å²) in [6, 6.07) is 4.78. The average molecular weight is 455 g/mol. The van der Waals surface area contributed by atoms with Gasteiger partial charge in [0.1, 0.15) is 5.82 Å². The number of carbonyl (C=O) groups excluding carboxylic acids is 2. The van der Waals surface area contributed by atoms with Crippen molar-refractivity contribution in [2.45, 2.75) is 19.9 Å². The van der Waals surface area contributed by atoms with Crippen molar-refractivity contribution in [2.24, 2.45) is 0 Å². The molecule has 1 saturated heterocycles. The monoisotopic (exact) mass is 454 g/mol. The van der Waals surface area contributed by atoms with Crippen LogP contribution < -0.4 is 5.32 Å². The Labute approximate surface area is 183 Å². The number of benzene rings is 1. The van der Waals surface area contributed by atoms with Crippen LogP contribution in [0.3, 0.4) is 0 Å². The maximum absolute atomic E-state index is 13.3. The number of ether oxygens (including phenoxy) is 1. The highest BCUT2D eigenvalue weighted by atomic mass is 35.5. The van der Waals surface area contributed by atoms with Crippen LogP contribution in [0.4, 0.5) is 9.52 Å². The third-order valence-corrected chi connectivity index (χ3v) is 5.75. The van der Waals surface area contributed by atoms with E-state index in [2.05, 4.69) is 20.1 Å². The Morgan fingerprint density at radius 2 is 2.00 bits per heavy atom. The van der Waals surface area contributed by atoms with Crippen LogP contribution in [0.25, 0.3) is 0 Å². The van der Waals surface area contributed by atoms with Gasteiger partial charge in [-0.3, -0.25) is 19.4 Å². The Bertz CT molecular complexity index is 887. The summed E-state index contributed by atoms with van der Waals surface area (Å²) in [6.07, 6.45) is 0.0986. The van der Waals surface area contributed by atoms with Crippen molar-refractivity contribution in [3.05, 3.63) is 45.7 Å². The molecule has 162 valence electrons. The van der Waals surface area contributed by atoms with E-state index in [1.165, 1.54) is 17.4 Å². The first-order valence-electron chi connectivity index (χ1n) is 9.71. The number of carbonyl (C=O) groups is 2. The molecule has 1 aliphatic rings. The molecule has 10 heteroatoms. The van der Waals surface area contributed by atoms with Crippen LogP contribution in [-0.2, 0) is 27.3 Å². The quantitative estimate of drug-likeness (QED) is 0.618. The molecule has 3 rings (SSSR count). The topological polar surface area (TPSA) is 74.8 Å². The Hall–Kier alpha value is -2.07. The van der Waals surface area contributed by atoms with Gasteiger partial charge < -0.3 is 10.1 Å². The summed E-state index contributed by atoms with van der Waals surface area (Å²) in [7, 11) is 0. The lowest BCUT2D eigenvalue weighted by Crippen LogP contribution is -2.48. The molecule has 7 nitrogen and oxygen atoms in total. The number of esters is 1. The zero-order valence-corrected chi connectivity index (χ0v) is 18.3. The van der Waals surface area contributed by atoms with Crippen molar-refractivity contribution < 1.29 is 18.7 Å². The van der Waals surface area contributed by atoms with E-state index in [1.54, 1.807) is 24.4 Å². The summed E-state index contributed by atoms with van der Waals surface area (Å²) in [5, 5.41) is 5.14. The molecule has 0 radical (unpaired) electrons. The van der Waals surface area contributed by atoms with Gasteiger partial charge in [0.2, 0.25) is 5.91 Å². The molecule has 1 fully saturated rings. The average Bonchev–Trinajstić information content (AvgIpc) is 3.13. The normalized spacial score (nSPS) is 15.2. The molecular weight excluding hydrogens is 431 g/mol. The van der Waals surface area contributed by atoms with E-state index in [9.17, 15) is 14.0 Å². The van der Waals surface area contributed by atoms with E-state index < -0.39 is 5.82 Å². The Kier molecular flexibility index (Phi) is 8.15. The summed E-state index contributed by atoms with van der Waals surface area (Å²) < 4.78 is 18.2. The van der Waals surface area contributed by atoms with E-state index in [-0.39, 0.29) is 29.9 Å². The molecule has 1 N–H and O–H groups in total. The van der Waals surface area contributed by atoms with Crippen LogP contribution in [0.1, 0.15) is 18.2 Å². The lowest BCUT2D eigenvalue weighted by atomic mass is 10.2. The fourth-order valence-electron chi connectivity index (χ4n) is 3.17. The Morgan fingerprint density at radius 1 is 1.27 bits per heavy atom. The summed E-state index contributed by atoms with van der Waals surface area (Å²) in [5.74, 6) is -0.878. The van der Waals surface area contributed by atoms with Crippen LogP contribution in [0, 0.1) is 5.82 Å². The number of amides is 1. The smallest absolute Gasteiger partial charge is 0.311 e. The number of halogens is 2. The zero-order chi connectivity index (χ0) is 21.5. The highest BCUT2D eigenvalue weighted by Gasteiger charge is 2.20. The summed E-state index contributed by atoms with van der Waals surface area (Å²) in [4.78, 5) is 32.4. The molecule has 2 aromatic rings. The van der Waals surface area contributed by atoms with Crippen molar-refractivity contribution in [1.82, 2.24) is 14.8 Å². The number of nitrogens with one attached hydrogen (secondary N) is 1. The molecule has 0 saturated carbocycles. The van der Waals surface area contributed by atoms with Crippen molar-refractivity contribution in [2.75, 3.05) is 44.6 Å². The minimum absolute atomic E-state index is 0.0986. The SMILES string of the molecule is CCOC(=O)Cc1csc(NC(=O)CN2CCN(Cc3ccc(F)c(Cl)c3)CC2)n1. The van der Waals surface area contributed by atoms with E-state index in [0.717, 1.165) is 31.7 Å². The molecule has 30 heavy (non-hydrogen) atoms. The molecule has 2 heterocycles. The van der Waals surface area contributed by atoms with Gasteiger partial charge in [-0.2, -0.15) is 0 Å². The fraction of sp³-hybridized carbons (Fsp3) is 0.450. The third-order valence-electron chi connectivity index (χ3n) is 4.65. The molecule has 1 aromatic heterocycles. The van der Waals surface area contributed by atoms with Gasteiger partial charge in [-0.1, -0.05) is 17.7 Å². The second-order valence-electron chi connectivity index (χ2n) is 6.97. The molecular formula is C20H24ClFN4O3S. The van der Waals surface area contributed by atoms with Crippen LogP contribution >= 0.6 is 22.9 Å². The Balaban J connectivity index is 1.40. The highest BCUT2D eigenvalue weighted by Crippen LogP contribution is 2.18. The summed E-state index contributed by atoms with van der Waals surface area (Å²) in [5.41, 5.74) is 1.55. The first kappa shape index (κ1) is 22.6. The van der Waals surface area contributed by atoms with E-state index in [0.29, 0.717) is 24.0 Å². The lowest BCUT2D eigenvalue weighted by Gasteiger charge is -2.34. The van der Waals surface area contributed by atoms with Crippen LogP contribution in [0.5, 0.6) is 0 Å². The third kappa shape index (κ3) is 6.73. The minimum atomic E-state index is -0.413. The molecule has 0 aliphatic carbocycles. The number of piperazine rings is 1. The first-order chi connectivity index (χ1) is 14.4. The molecule has 0 unspecified atom stereocenters. The number of hydrogen-bond donors (Lipinski definition) is 1. The van der Waals surface area contributed by atoms with Crippen LogP contribution in [0.15, 0.2) is 23.6 Å². The van der Waals surface area contributed by atoms with Crippen molar-refractivity contribution in [3.8, 4) is 0 Å². The van der Waals surface area contributed by atoms with Crippen LogP contribution in [0.2, 0.25) is 5.02 Å². The van der Waals surface area contributed by atoms with Gasteiger partial charge >= 0.3 is 5.97 Å². The fourth-order valence-corrected chi connectivity index (χ4v) is 4.10. The summed E-state index contributed by atoms with van der Waals surface area (Å²) >= 11 is 7.13. The molecule has 0 atom stereocenters. The first-order valence-corrected chi connectivity index (χ1v) is 11.0. The number of thiazole rings is 1. The molecule has 1 aliphatic heterocycles. The van der Waals surface area contributed by atoms with Gasteiger partial charge in [-0.15, -0.1) is 11.3 Å². The maximum Gasteiger partial charge on any atom is 0.311 e. The number of aromatic nitrogens is 1. The molecule has 1 aromatic carbocycles. The van der Waals surface area contributed by atoms with Crippen LogP contribution in [-0.4, -0.2) is 66.0 Å². The molecule has 0 bridgehead atoms. The lowest BCUT2D eigenvalue weighted by molar-refractivity contribution is -0.142. The number of rotatable bonds is 8. The van der Waals surface area contributed by atoms with Gasteiger partial charge in [-0.25, -0.2) is 9.37 Å². The molecule has 1 amide bonds. The van der Waals surface area contributed by atoms with E-state index >= 15 is 0 Å². The standard InChI is InChI=1S/C20H24ClFN4O3S/c1-2-29-19(28)10-15-13-30-20(23-15)24-18(27)12-26-7-5-25(6-8-26)11-14-3-4-17(22)16(21)9-14/h3-4,9,13H,2,5-8,10-12H2,1H3,(H,23,24,27). The largest absolute Gasteiger partial charge is 0.466 e. The van der Waals surface area contributed by atoms with Gasteiger partial charge in [0.05, 0.1) is 30.3 Å².